The molecular weight excluding hydrogens is 210 g/mol. The minimum atomic E-state index is 0. The van der Waals surface area contributed by atoms with E-state index in [1.807, 2.05) is 6.07 Å². The quantitative estimate of drug-likeness (QED) is 0.820. The molecule has 0 bridgehead atoms. The van der Waals surface area contributed by atoms with Crippen LogP contribution in [0.5, 0.6) is 0 Å². The van der Waals surface area contributed by atoms with Crippen LogP contribution in [0.2, 0.25) is 0 Å². The van der Waals surface area contributed by atoms with Crippen molar-refractivity contribution in [2.45, 2.75) is 6.42 Å². The second kappa shape index (κ2) is 6.11. The third kappa shape index (κ3) is 3.20. The Hall–Kier alpha value is -0.570. The molecule has 2 N–H and O–H groups in total. The van der Waals surface area contributed by atoms with Crippen molar-refractivity contribution in [3.8, 4) is 0 Å². The highest BCUT2D eigenvalue weighted by Gasteiger charge is 2.25. The van der Waals surface area contributed by atoms with E-state index in [4.69, 9.17) is 0 Å². The third-order valence-corrected chi connectivity index (χ3v) is 3.05. The number of hydrogen-bond acceptors (Lipinski definition) is 2. The molecule has 1 aromatic rings. The van der Waals surface area contributed by atoms with Crippen molar-refractivity contribution in [2.75, 3.05) is 19.7 Å². The predicted molar refractivity (Wildman–Crippen MR) is 64.3 cm³/mol. The van der Waals surface area contributed by atoms with Gasteiger partial charge in [-0.25, -0.2) is 0 Å². The lowest BCUT2D eigenvalue weighted by Gasteiger charge is -2.15. The number of halogens is 1. The van der Waals surface area contributed by atoms with Crippen LogP contribution in [0.1, 0.15) is 5.56 Å². The maximum Gasteiger partial charge on any atom is 0.0474 e. The molecule has 0 aromatic heterocycles. The molecule has 0 spiro atoms. The van der Waals surface area contributed by atoms with Crippen LogP contribution >= 0.6 is 12.4 Å². The smallest absolute Gasteiger partial charge is 0.0474 e. The molecule has 1 fully saturated rings. The van der Waals surface area contributed by atoms with E-state index in [2.05, 4.69) is 29.6 Å². The summed E-state index contributed by atoms with van der Waals surface area (Å²) >= 11 is 0. The van der Waals surface area contributed by atoms with Gasteiger partial charge in [-0.3, -0.25) is 0 Å². The molecule has 15 heavy (non-hydrogen) atoms. The van der Waals surface area contributed by atoms with E-state index in [1.54, 1.807) is 0 Å². The molecule has 2 nitrogen and oxygen atoms in total. The van der Waals surface area contributed by atoms with E-state index >= 15 is 0 Å². The molecule has 3 heteroatoms. The average Bonchev–Trinajstić information content (AvgIpc) is 2.67. The SMILES string of the molecule is Cl.OCC1CNCC1Cc1ccccc1. The molecule has 2 unspecified atom stereocenters. The van der Waals surface area contributed by atoms with E-state index in [0.717, 1.165) is 19.5 Å². The Bertz CT molecular complexity index is 278. The Balaban J connectivity index is 0.00000112. The topological polar surface area (TPSA) is 32.3 Å². The zero-order valence-electron chi connectivity index (χ0n) is 8.73. The zero-order chi connectivity index (χ0) is 9.80. The molecule has 84 valence electrons. The molecule has 0 saturated carbocycles. The predicted octanol–water partition coefficient (Wildman–Crippen LogP) is 1.48. The van der Waals surface area contributed by atoms with Crippen molar-refractivity contribution in [1.29, 1.82) is 0 Å². The van der Waals surface area contributed by atoms with Crippen LogP contribution in [0, 0.1) is 11.8 Å². The molecule has 2 atom stereocenters. The first kappa shape index (κ1) is 12.5. The summed E-state index contributed by atoms with van der Waals surface area (Å²) in [5, 5.41) is 12.5. The molecule has 1 aliphatic heterocycles. The Kier molecular flexibility index (Phi) is 5.09. The van der Waals surface area contributed by atoms with Crippen LogP contribution in [0.4, 0.5) is 0 Å². The first-order chi connectivity index (χ1) is 6.90. The Morgan fingerprint density at radius 2 is 1.80 bits per heavy atom. The fourth-order valence-electron chi connectivity index (χ4n) is 2.16. The number of aliphatic hydroxyl groups is 1. The lowest BCUT2D eigenvalue weighted by Crippen LogP contribution is -2.18. The first-order valence-electron chi connectivity index (χ1n) is 5.25. The number of benzene rings is 1. The van der Waals surface area contributed by atoms with Crippen LogP contribution in [-0.4, -0.2) is 24.8 Å². The van der Waals surface area contributed by atoms with Gasteiger partial charge in [-0.2, -0.15) is 0 Å². The summed E-state index contributed by atoms with van der Waals surface area (Å²) in [5.74, 6) is 1.04. The van der Waals surface area contributed by atoms with Crippen molar-refractivity contribution >= 4 is 12.4 Å². The number of rotatable bonds is 3. The van der Waals surface area contributed by atoms with Gasteiger partial charge in [-0.1, -0.05) is 30.3 Å². The fraction of sp³-hybridized carbons (Fsp3) is 0.500. The summed E-state index contributed by atoms with van der Waals surface area (Å²) in [5.41, 5.74) is 1.37. The van der Waals surface area contributed by atoms with Gasteiger partial charge < -0.3 is 10.4 Å². The second-order valence-corrected chi connectivity index (χ2v) is 4.05. The van der Waals surface area contributed by atoms with Gasteiger partial charge in [-0.15, -0.1) is 12.4 Å². The highest BCUT2D eigenvalue weighted by molar-refractivity contribution is 5.85. The Labute approximate surface area is 97.1 Å². The summed E-state index contributed by atoms with van der Waals surface area (Å²) < 4.78 is 0. The summed E-state index contributed by atoms with van der Waals surface area (Å²) in [6.45, 7) is 2.32. The van der Waals surface area contributed by atoms with Crippen LogP contribution in [-0.2, 0) is 6.42 Å². The van der Waals surface area contributed by atoms with Gasteiger partial charge >= 0.3 is 0 Å². The van der Waals surface area contributed by atoms with E-state index in [9.17, 15) is 5.11 Å². The van der Waals surface area contributed by atoms with E-state index in [0.29, 0.717) is 18.4 Å². The third-order valence-electron chi connectivity index (χ3n) is 3.05. The van der Waals surface area contributed by atoms with Crippen molar-refractivity contribution in [2.24, 2.45) is 11.8 Å². The summed E-state index contributed by atoms with van der Waals surface area (Å²) in [7, 11) is 0. The van der Waals surface area contributed by atoms with Crippen LogP contribution in [0.15, 0.2) is 30.3 Å². The summed E-state index contributed by atoms with van der Waals surface area (Å²) in [6, 6.07) is 10.5. The summed E-state index contributed by atoms with van der Waals surface area (Å²) in [4.78, 5) is 0. The zero-order valence-corrected chi connectivity index (χ0v) is 9.54. The fourth-order valence-corrected chi connectivity index (χ4v) is 2.16. The van der Waals surface area contributed by atoms with Crippen molar-refractivity contribution < 1.29 is 5.11 Å². The number of hydrogen-bond donors (Lipinski definition) is 2. The molecule has 1 heterocycles. The second-order valence-electron chi connectivity index (χ2n) is 4.05. The molecule has 1 aliphatic rings. The molecule has 1 saturated heterocycles. The van der Waals surface area contributed by atoms with Crippen LogP contribution < -0.4 is 5.32 Å². The number of nitrogens with one attached hydrogen (secondary N) is 1. The van der Waals surface area contributed by atoms with Gasteiger partial charge in [0.15, 0.2) is 0 Å². The lowest BCUT2D eigenvalue weighted by atomic mass is 9.90. The number of aliphatic hydroxyl groups excluding tert-OH is 1. The molecule has 0 aliphatic carbocycles. The van der Waals surface area contributed by atoms with E-state index in [1.165, 1.54) is 5.56 Å². The first-order valence-corrected chi connectivity index (χ1v) is 5.25. The van der Waals surface area contributed by atoms with Gasteiger partial charge in [0.05, 0.1) is 0 Å². The molecule has 0 radical (unpaired) electrons. The maximum absolute atomic E-state index is 9.17. The van der Waals surface area contributed by atoms with E-state index in [-0.39, 0.29) is 12.4 Å². The standard InChI is InChI=1S/C12H17NO.ClH/c14-9-12-8-13-7-11(12)6-10-4-2-1-3-5-10;/h1-5,11-14H,6-9H2;1H. The van der Waals surface area contributed by atoms with Crippen molar-refractivity contribution in [3.63, 3.8) is 0 Å². The highest BCUT2D eigenvalue weighted by Crippen LogP contribution is 2.20. The van der Waals surface area contributed by atoms with Crippen LogP contribution in [0.25, 0.3) is 0 Å². The lowest BCUT2D eigenvalue weighted by molar-refractivity contribution is 0.205. The minimum Gasteiger partial charge on any atom is -0.396 e. The monoisotopic (exact) mass is 227 g/mol. The normalized spacial score (nSPS) is 24.9. The molecule has 1 aromatic carbocycles. The van der Waals surface area contributed by atoms with Gasteiger partial charge in [-0.05, 0) is 30.4 Å². The minimum absolute atomic E-state index is 0. The van der Waals surface area contributed by atoms with Crippen molar-refractivity contribution in [1.82, 2.24) is 5.32 Å². The average molecular weight is 228 g/mol. The van der Waals surface area contributed by atoms with Gasteiger partial charge in [0.2, 0.25) is 0 Å². The van der Waals surface area contributed by atoms with E-state index < -0.39 is 0 Å². The van der Waals surface area contributed by atoms with Gasteiger partial charge in [0.25, 0.3) is 0 Å². The molecule has 0 amide bonds. The van der Waals surface area contributed by atoms with Crippen molar-refractivity contribution in [3.05, 3.63) is 35.9 Å². The summed E-state index contributed by atoms with van der Waals surface area (Å²) in [6.07, 6.45) is 1.08. The van der Waals surface area contributed by atoms with Crippen LogP contribution in [0.3, 0.4) is 0 Å². The Morgan fingerprint density at radius 3 is 2.47 bits per heavy atom. The highest BCUT2D eigenvalue weighted by atomic mass is 35.5. The Morgan fingerprint density at radius 1 is 1.13 bits per heavy atom. The van der Waals surface area contributed by atoms with Gasteiger partial charge in [0, 0.05) is 13.2 Å². The van der Waals surface area contributed by atoms with Gasteiger partial charge in [0.1, 0.15) is 0 Å². The largest absolute Gasteiger partial charge is 0.396 e. The molecular formula is C12H18ClNO. The maximum atomic E-state index is 9.17. The molecule has 2 rings (SSSR count).